The molecule has 0 bridgehead atoms. The molecule has 1 aromatic carbocycles. The number of aliphatic hydroxyl groups excluding tert-OH is 1. The molecule has 2 heterocycles. The number of hydrogen-bond donors (Lipinski definition) is 2. The van der Waals surface area contributed by atoms with Crippen LogP contribution in [0.3, 0.4) is 0 Å². The van der Waals surface area contributed by atoms with Gasteiger partial charge in [0.15, 0.2) is 5.82 Å². The summed E-state index contributed by atoms with van der Waals surface area (Å²) >= 11 is 0. The third-order valence-electron chi connectivity index (χ3n) is 3.34. The van der Waals surface area contributed by atoms with Crippen LogP contribution < -0.4 is 0 Å². The van der Waals surface area contributed by atoms with Crippen molar-refractivity contribution in [3.05, 3.63) is 30.1 Å². The fraction of sp³-hybridized carbons (Fsp3) is 0.385. The van der Waals surface area contributed by atoms with E-state index >= 15 is 0 Å². The zero-order chi connectivity index (χ0) is 12.5. The molecule has 0 radical (unpaired) electrons. The molecule has 1 aliphatic rings. The summed E-state index contributed by atoms with van der Waals surface area (Å²) in [5, 5.41) is 23.6. The molecule has 2 aromatic rings. The summed E-state index contributed by atoms with van der Waals surface area (Å²) < 4.78 is 1.80. The van der Waals surface area contributed by atoms with E-state index < -0.39 is 0 Å². The molecule has 5 heteroatoms. The molecule has 1 aliphatic heterocycles. The number of aromatic nitrogens is 3. The van der Waals surface area contributed by atoms with Crippen molar-refractivity contribution in [2.24, 2.45) is 0 Å². The molecule has 0 aliphatic carbocycles. The van der Waals surface area contributed by atoms with Crippen molar-refractivity contribution >= 4 is 0 Å². The quantitative estimate of drug-likeness (QED) is 0.841. The van der Waals surface area contributed by atoms with Crippen LogP contribution in [0.4, 0.5) is 0 Å². The van der Waals surface area contributed by atoms with Crippen molar-refractivity contribution < 1.29 is 10.2 Å². The molecule has 18 heavy (non-hydrogen) atoms. The minimum Gasteiger partial charge on any atom is -0.507 e. The van der Waals surface area contributed by atoms with Crippen molar-refractivity contribution in [3.8, 4) is 17.1 Å². The lowest BCUT2D eigenvalue weighted by Gasteiger charge is -2.20. The highest BCUT2D eigenvalue weighted by Crippen LogP contribution is 2.29. The monoisotopic (exact) mass is 245 g/mol. The van der Waals surface area contributed by atoms with Crippen LogP contribution in [0.2, 0.25) is 0 Å². The first kappa shape index (κ1) is 11.2. The van der Waals surface area contributed by atoms with Crippen LogP contribution in [0.15, 0.2) is 24.3 Å². The summed E-state index contributed by atoms with van der Waals surface area (Å²) in [5.74, 6) is 1.60. The molecule has 5 nitrogen and oxygen atoms in total. The van der Waals surface area contributed by atoms with Gasteiger partial charge in [-0.2, -0.15) is 5.10 Å². The number of nitrogens with zero attached hydrogens (tertiary/aromatic N) is 3. The second-order valence-electron chi connectivity index (χ2n) is 4.54. The van der Waals surface area contributed by atoms with Crippen LogP contribution in [-0.2, 0) is 6.42 Å². The number of aryl methyl sites for hydroxylation is 1. The molecule has 0 fully saturated rings. The standard InChI is InChI=1S/C13H15N3O2/c17-8-9-4-3-7-12-14-13(15-16(9)12)10-5-1-2-6-11(10)18/h1-2,5-6,9,17-18H,3-4,7-8H2. The zero-order valence-electron chi connectivity index (χ0n) is 9.95. The fourth-order valence-electron chi connectivity index (χ4n) is 2.38. The summed E-state index contributed by atoms with van der Waals surface area (Å²) in [6, 6.07) is 7.05. The van der Waals surface area contributed by atoms with E-state index in [1.54, 1.807) is 22.9 Å². The van der Waals surface area contributed by atoms with Crippen molar-refractivity contribution in [2.75, 3.05) is 6.61 Å². The van der Waals surface area contributed by atoms with Gasteiger partial charge < -0.3 is 10.2 Å². The Bertz CT molecular complexity index is 565. The molecular weight excluding hydrogens is 230 g/mol. The molecule has 3 rings (SSSR count). The SMILES string of the molecule is OCC1CCCc2nc(-c3ccccc3O)nn21. The topological polar surface area (TPSA) is 71.2 Å². The summed E-state index contributed by atoms with van der Waals surface area (Å²) in [5.41, 5.74) is 0.635. The summed E-state index contributed by atoms with van der Waals surface area (Å²) in [6.45, 7) is 0.0799. The lowest BCUT2D eigenvalue weighted by atomic mass is 10.1. The molecule has 0 saturated carbocycles. The highest BCUT2D eigenvalue weighted by molar-refractivity contribution is 5.63. The number of phenolic OH excluding ortho intramolecular Hbond substituents is 1. The average molecular weight is 245 g/mol. The van der Waals surface area contributed by atoms with E-state index in [1.165, 1.54) is 0 Å². The van der Waals surface area contributed by atoms with Crippen LogP contribution in [0.5, 0.6) is 5.75 Å². The molecular formula is C13H15N3O2. The smallest absolute Gasteiger partial charge is 0.185 e. The van der Waals surface area contributed by atoms with Gasteiger partial charge in [-0.3, -0.25) is 0 Å². The van der Waals surface area contributed by atoms with Crippen LogP contribution in [-0.4, -0.2) is 31.6 Å². The number of aliphatic hydroxyl groups is 1. The van der Waals surface area contributed by atoms with Gasteiger partial charge in [0, 0.05) is 6.42 Å². The Morgan fingerprint density at radius 2 is 2.17 bits per heavy atom. The van der Waals surface area contributed by atoms with Gasteiger partial charge in [-0.05, 0) is 25.0 Å². The fourth-order valence-corrected chi connectivity index (χ4v) is 2.38. The third-order valence-corrected chi connectivity index (χ3v) is 3.34. The van der Waals surface area contributed by atoms with Crippen LogP contribution in [0.25, 0.3) is 11.4 Å². The van der Waals surface area contributed by atoms with Gasteiger partial charge in [0.05, 0.1) is 18.2 Å². The number of rotatable bonds is 2. The van der Waals surface area contributed by atoms with Crippen molar-refractivity contribution in [1.29, 1.82) is 0 Å². The van der Waals surface area contributed by atoms with Gasteiger partial charge in [-0.25, -0.2) is 9.67 Å². The van der Waals surface area contributed by atoms with Gasteiger partial charge in [0.2, 0.25) is 0 Å². The maximum absolute atomic E-state index is 9.81. The Labute approximate surface area is 105 Å². The van der Waals surface area contributed by atoms with E-state index in [0.717, 1.165) is 25.1 Å². The number of aromatic hydroxyl groups is 1. The molecule has 2 N–H and O–H groups in total. The molecule has 0 amide bonds. The highest BCUT2D eigenvalue weighted by atomic mass is 16.3. The molecule has 1 atom stereocenters. The third kappa shape index (κ3) is 1.76. The maximum atomic E-state index is 9.81. The Hall–Kier alpha value is -1.88. The largest absolute Gasteiger partial charge is 0.507 e. The van der Waals surface area contributed by atoms with Gasteiger partial charge in [0.1, 0.15) is 11.6 Å². The van der Waals surface area contributed by atoms with E-state index in [-0.39, 0.29) is 18.4 Å². The van der Waals surface area contributed by atoms with Gasteiger partial charge in [0.25, 0.3) is 0 Å². The van der Waals surface area contributed by atoms with Gasteiger partial charge in [-0.1, -0.05) is 12.1 Å². The van der Waals surface area contributed by atoms with Crippen molar-refractivity contribution in [2.45, 2.75) is 25.3 Å². The molecule has 0 spiro atoms. The van der Waals surface area contributed by atoms with E-state index in [2.05, 4.69) is 10.1 Å². The molecule has 1 aromatic heterocycles. The van der Waals surface area contributed by atoms with Crippen molar-refractivity contribution in [1.82, 2.24) is 14.8 Å². The van der Waals surface area contributed by atoms with Gasteiger partial charge in [-0.15, -0.1) is 0 Å². The normalized spacial score (nSPS) is 18.6. The van der Waals surface area contributed by atoms with Crippen LogP contribution >= 0.6 is 0 Å². The number of phenols is 1. The summed E-state index contributed by atoms with van der Waals surface area (Å²) in [7, 11) is 0. The van der Waals surface area contributed by atoms with E-state index in [4.69, 9.17) is 0 Å². The number of benzene rings is 1. The Balaban J connectivity index is 2.05. The lowest BCUT2D eigenvalue weighted by molar-refractivity contribution is 0.195. The first-order chi connectivity index (χ1) is 8.79. The Kier molecular flexibility index (Phi) is 2.76. The first-order valence-electron chi connectivity index (χ1n) is 6.14. The predicted octanol–water partition coefficient (Wildman–Crippen LogP) is 1.52. The lowest BCUT2D eigenvalue weighted by Crippen LogP contribution is -2.21. The van der Waals surface area contributed by atoms with Crippen LogP contribution in [0.1, 0.15) is 24.7 Å². The first-order valence-corrected chi connectivity index (χ1v) is 6.14. The predicted molar refractivity (Wildman–Crippen MR) is 66.2 cm³/mol. The van der Waals surface area contributed by atoms with Gasteiger partial charge >= 0.3 is 0 Å². The average Bonchev–Trinajstić information content (AvgIpc) is 2.82. The highest BCUT2D eigenvalue weighted by Gasteiger charge is 2.23. The van der Waals surface area contributed by atoms with E-state index in [0.29, 0.717) is 11.4 Å². The van der Waals surface area contributed by atoms with E-state index in [9.17, 15) is 10.2 Å². The minimum absolute atomic E-state index is 0.0147. The van der Waals surface area contributed by atoms with Crippen molar-refractivity contribution in [3.63, 3.8) is 0 Å². The second kappa shape index (κ2) is 4.42. The van der Waals surface area contributed by atoms with E-state index in [1.807, 2.05) is 6.07 Å². The summed E-state index contributed by atoms with van der Waals surface area (Å²) in [6.07, 6.45) is 2.81. The number of hydrogen-bond acceptors (Lipinski definition) is 4. The Morgan fingerprint density at radius 1 is 1.33 bits per heavy atom. The number of fused-ring (bicyclic) bond motifs is 1. The van der Waals surface area contributed by atoms with Crippen LogP contribution in [0, 0.1) is 0 Å². The zero-order valence-corrected chi connectivity index (χ0v) is 9.95. The summed E-state index contributed by atoms with van der Waals surface area (Å²) in [4.78, 5) is 4.46. The molecule has 1 unspecified atom stereocenters. The Morgan fingerprint density at radius 3 is 2.94 bits per heavy atom. The minimum atomic E-state index is 0.0147. The number of para-hydroxylation sites is 1. The second-order valence-corrected chi connectivity index (χ2v) is 4.54. The molecule has 0 saturated heterocycles. The maximum Gasteiger partial charge on any atom is 0.185 e. The molecule has 94 valence electrons.